The fraction of sp³-hybridized carbons (Fsp3) is 0.235. The molecule has 0 saturated heterocycles. The third-order valence-corrected chi connectivity index (χ3v) is 3.90. The van der Waals surface area contributed by atoms with Crippen molar-refractivity contribution in [1.29, 1.82) is 0 Å². The van der Waals surface area contributed by atoms with E-state index in [2.05, 4.69) is 20.1 Å². The van der Waals surface area contributed by atoms with Crippen molar-refractivity contribution in [2.45, 2.75) is 18.9 Å². The van der Waals surface area contributed by atoms with Crippen LogP contribution in [0.4, 0.5) is 32.0 Å². The van der Waals surface area contributed by atoms with Crippen LogP contribution in [-0.4, -0.2) is 37.7 Å². The Balaban J connectivity index is 1.82. The molecule has 3 heterocycles. The number of rotatable bonds is 4. The Hall–Kier alpha value is -3.51. The number of hydrogen-bond donors (Lipinski definition) is 0. The summed E-state index contributed by atoms with van der Waals surface area (Å²) in [4.78, 5) is 24.1. The molecule has 0 aliphatic heterocycles. The molecule has 0 aromatic carbocycles. The number of hydrogen-bond acceptors (Lipinski definition) is 5. The van der Waals surface area contributed by atoms with E-state index in [4.69, 9.17) is 0 Å². The number of nitrogens with zero attached hydrogens (tertiary/aromatic N) is 6. The van der Waals surface area contributed by atoms with E-state index >= 15 is 0 Å². The van der Waals surface area contributed by atoms with Crippen LogP contribution in [0.5, 0.6) is 0 Å². The summed E-state index contributed by atoms with van der Waals surface area (Å²) in [5.41, 5.74) is 0.583. The van der Waals surface area contributed by atoms with E-state index in [1.54, 1.807) is 12.1 Å². The zero-order valence-corrected chi connectivity index (χ0v) is 15.1. The lowest BCUT2D eigenvalue weighted by Crippen LogP contribution is -2.26. The lowest BCUT2D eigenvalue weighted by Gasteiger charge is -2.16. The summed E-state index contributed by atoms with van der Waals surface area (Å²) in [5.74, 6) is -4.16. The highest BCUT2D eigenvalue weighted by molar-refractivity contribution is 6.05. The first-order chi connectivity index (χ1) is 14.0. The Labute approximate surface area is 165 Å². The standard InChI is InChI=1S/C17H12F6N6O/c1-28(12-3-2-6-24-8-12)13(30)10-4-5-11(25-7-10)9-29-15(17(21,22)23)26-14(27-29)16(18,19)20/h2-8H,9H2,1H3. The minimum atomic E-state index is -5.14. The third kappa shape index (κ3) is 4.55. The minimum absolute atomic E-state index is 0.0419. The van der Waals surface area contributed by atoms with Crippen LogP contribution in [0.25, 0.3) is 0 Å². The second kappa shape index (κ2) is 7.72. The molecule has 0 fully saturated rings. The molecule has 0 unspecified atom stereocenters. The number of amides is 1. The molecule has 0 spiro atoms. The highest BCUT2D eigenvalue weighted by Gasteiger charge is 2.44. The Morgan fingerprint density at radius 3 is 2.33 bits per heavy atom. The van der Waals surface area contributed by atoms with Gasteiger partial charge in [-0.3, -0.25) is 14.8 Å². The van der Waals surface area contributed by atoms with Gasteiger partial charge in [-0.15, -0.1) is 5.10 Å². The normalized spacial score (nSPS) is 12.1. The van der Waals surface area contributed by atoms with Crippen LogP contribution in [-0.2, 0) is 18.9 Å². The summed E-state index contributed by atoms with van der Waals surface area (Å²) < 4.78 is 77.2. The Bertz CT molecular complexity index is 1030. The van der Waals surface area contributed by atoms with E-state index in [-0.39, 0.29) is 15.9 Å². The van der Waals surface area contributed by atoms with Crippen molar-refractivity contribution in [3.63, 3.8) is 0 Å². The molecular formula is C17H12F6N6O. The van der Waals surface area contributed by atoms with E-state index in [1.807, 2.05) is 0 Å². The van der Waals surface area contributed by atoms with Gasteiger partial charge in [0.15, 0.2) is 0 Å². The maximum absolute atomic E-state index is 13.0. The molecule has 3 rings (SSSR count). The van der Waals surface area contributed by atoms with E-state index < -0.39 is 36.5 Å². The van der Waals surface area contributed by atoms with Gasteiger partial charge in [0.25, 0.3) is 11.7 Å². The van der Waals surface area contributed by atoms with Gasteiger partial charge in [-0.05, 0) is 24.3 Å². The molecule has 0 saturated carbocycles. The largest absolute Gasteiger partial charge is 0.453 e. The molecule has 3 aromatic heterocycles. The molecule has 3 aromatic rings. The number of carbonyl (C=O) groups is 1. The second-order valence-corrected chi connectivity index (χ2v) is 6.03. The molecular weight excluding hydrogens is 418 g/mol. The maximum Gasteiger partial charge on any atom is 0.453 e. The van der Waals surface area contributed by atoms with Crippen LogP contribution in [0.3, 0.4) is 0 Å². The number of pyridine rings is 2. The van der Waals surface area contributed by atoms with Gasteiger partial charge in [0.05, 0.1) is 29.7 Å². The SMILES string of the molecule is CN(C(=O)c1ccc(Cn2nc(C(F)(F)F)nc2C(F)(F)F)nc1)c1cccnc1. The monoisotopic (exact) mass is 430 g/mol. The molecule has 0 aliphatic carbocycles. The number of alkyl halides is 6. The molecule has 0 N–H and O–H groups in total. The summed E-state index contributed by atoms with van der Waals surface area (Å²) in [5, 5.41) is 2.91. The number of aromatic nitrogens is 5. The molecule has 158 valence electrons. The van der Waals surface area contributed by atoms with Gasteiger partial charge in [0.2, 0.25) is 5.82 Å². The van der Waals surface area contributed by atoms with Crippen molar-refractivity contribution in [3.05, 3.63) is 65.8 Å². The Morgan fingerprint density at radius 2 is 1.80 bits per heavy atom. The average Bonchev–Trinajstić information content (AvgIpc) is 3.13. The number of anilines is 1. The molecule has 13 heteroatoms. The maximum atomic E-state index is 13.0. The van der Waals surface area contributed by atoms with Gasteiger partial charge in [-0.25, -0.2) is 4.68 Å². The first kappa shape index (κ1) is 21.2. The van der Waals surface area contributed by atoms with Crippen molar-refractivity contribution in [2.75, 3.05) is 11.9 Å². The predicted octanol–water partition coefficient (Wildman–Crippen LogP) is 3.43. The zero-order chi connectivity index (χ0) is 22.1. The summed E-state index contributed by atoms with van der Waals surface area (Å²) in [6.07, 6.45) is -6.17. The smallest absolute Gasteiger partial charge is 0.310 e. The molecule has 30 heavy (non-hydrogen) atoms. The lowest BCUT2D eigenvalue weighted by atomic mass is 10.2. The summed E-state index contributed by atoms with van der Waals surface area (Å²) in [6, 6.07) is 5.80. The summed E-state index contributed by atoms with van der Waals surface area (Å²) >= 11 is 0. The third-order valence-electron chi connectivity index (χ3n) is 3.90. The van der Waals surface area contributed by atoms with Gasteiger partial charge >= 0.3 is 12.4 Å². The van der Waals surface area contributed by atoms with Gasteiger partial charge in [-0.1, -0.05) is 0 Å². The van der Waals surface area contributed by atoms with Crippen molar-refractivity contribution < 1.29 is 31.1 Å². The van der Waals surface area contributed by atoms with E-state index in [9.17, 15) is 31.1 Å². The Morgan fingerprint density at radius 1 is 1.07 bits per heavy atom. The lowest BCUT2D eigenvalue weighted by molar-refractivity contribution is -0.150. The predicted molar refractivity (Wildman–Crippen MR) is 90.3 cm³/mol. The molecule has 0 bridgehead atoms. The Kier molecular flexibility index (Phi) is 5.46. The fourth-order valence-corrected chi connectivity index (χ4v) is 2.44. The topological polar surface area (TPSA) is 76.8 Å². The second-order valence-electron chi connectivity index (χ2n) is 6.03. The minimum Gasteiger partial charge on any atom is -0.310 e. The first-order valence-electron chi connectivity index (χ1n) is 8.19. The van der Waals surface area contributed by atoms with E-state index in [0.717, 1.165) is 6.20 Å². The van der Waals surface area contributed by atoms with Crippen molar-refractivity contribution in [3.8, 4) is 0 Å². The first-order valence-corrected chi connectivity index (χ1v) is 8.19. The van der Waals surface area contributed by atoms with Crippen molar-refractivity contribution in [2.24, 2.45) is 0 Å². The van der Waals surface area contributed by atoms with Crippen LogP contribution in [0.2, 0.25) is 0 Å². The highest BCUT2D eigenvalue weighted by Crippen LogP contribution is 2.32. The zero-order valence-electron chi connectivity index (χ0n) is 15.1. The fourth-order valence-electron chi connectivity index (χ4n) is 2.44. The highest BCUT2D eigenvalue weighted by atomic mass is 19.4. The van der Waals surface area contributed by atoms with Crippen molar-refractivity contribution >= 4 is 11.6 Å². The number of halogens is 6. The van der Waals surface area contributed by atoms with Crippen LogP contribution in [0.1, 0.15) is 27.7 Å². The molecule has 0 radical (unpaired) electrons. The molecule has 0 atom stereocenters. The van der Waals surface area contributed by atoms with E-state index in [0.29, 0.717) is 5.69 Å². The summed E-state index contributed by atoms with van der Waals surface area (Å²) in [6.45, 7) is -0.717. The average molecular weight is 430 g/mol. The van der Waals surface area contributed by atoms with Gasteiger partial charge in [0, 0.05) is 19.4 Å². The quantitative estimate of drug-likeness (QED) is 0.593. The van der Waals surface area contributed by atoms with Gasteiger partial charge < -0.3 is 4.90 Å². The van der Waals surface area contributed by atoms with Gasteiger partial charge in [0.1, 0.15) is 0 Å². The molecule has 7 nitrogen and oxygen atoms in total. The van der Waals surface area contributed by atoms with Crippen LogP contribution >= 0.6 is 0 Å². The van der Waals surface area contributed by atoms with Crippen LogP contribution in [0, 0.1) is 0 Å². The van der Waals surface area contributed by atoms with Gasteiger partial charge in [-0.2, -0.15) is 31.3 Å². The van der Waals surface area contributed by atoms with Crippen molar-refractivity contribution in [1.82, 2.24) is 24.7 Å². The van der Waals surface area contributed by atoms with E-state index in [1.165, 1.54) is 36.5 Å². The van der Waals surface area contributed by atoms with Crippen LogP contribution in [0.15, 0.2) is 42.9 Å². The summed E-state index contributed by atoms with van der Waals surface area (Å²) in [7, 11) is 1.50. The molecule has 1 amide bonds. The molecule has 0 aliphatic rings. The van der Waals surface area contributed by atoms with Crippen LogP contribution < -0.4 is 4.90 Å². The number of carbonyl (C=O) groups excluding carboxylic acids is 1.